The third-order valence-corrected chi connectivity index (χ3v) is 4.75. The standard InChI is InChI=1S/C18H28N2O/c1-2-14-3-9-17(10-4-14)13-20-18(21)11-15-5-7-16(12-19)8-6-15/h5-8,14,17H,2-4,9-13,19H2,1H3,(H,20,21). The maximum atomic E-state index is 12.0. The molecule has 0 saturated heterocycles. The van der Waals surface area contributed by atoms with Crippen molar-refractivity contribution in [3.05, 3.63) is 35.4 Å². The number of carbonyl (C=O) groups excluding carboxylic acids is 1. The normalized spacial score (nSPS) is 22.0. The Labute approximate surface area is 128 Å². The van der Waals surface area contributed by atoms with E-state index < -0.39 is 0 Å². The summed E-state index contributed by atoms with van der Waals surface area (Å²) in [4.78, 5) is 12.0. The van der Waals surface area contributed by atoms with Crippen LogP contribution in [0.4, 0.5) is 0 Å². The van der Waals surface area contributed by atoms with Crippen molar-refractivity contribution in [1.82, 2.24) is 5.32 Å². The van der Waals surface area contributed by atoms with Gasteiger partial charge in [0.25, 0.3) is 0 Å². The van der Waals surface area contributed by atoms with E-state index in [1.165, 1.54) is 32.1 Å². The highest BCUT2D eigenvalue weighted by Gasteiger charge is 2.20. The molecule has 21 heavy (non-hydrogen) atoms. The van der Waals surface area contributed by atoms with Crippen LogP contribution in [0.2, 0.25) is 0 Å². The number of benzene rings is 1. The maximum Gasteiger partial charge on any atom is 0.224 e. The quantitative estimate of drug-likeness (QED) is 0.845. The summed E-state index contributed by atoms with van der Waals surface area (Å²) < 4.78 is 0. The Morgan fingerprint density at radius 2 is 1.67 bits per heavy atom. The largest absolute Gasteiger partial charge is 0.356 e. The van der Waals surface area contributed by atoms with Crippen molar-refractivity contribution in [2.75, 3.05) is 6.54 Å². The zero-order chi connectivity index (χ0) is 15.1. The Bertz CT molecular complexity index is 433. The van der Waals surface area contributed by atoms with Gasteiger partial charge < -0.3 is 11.1 Å². The Hall–Kier alpha value is -1.35. The predicted molar refractivity (Wildman–Crippen MR) is 86.8 cm³/mol. The van der Waals surface area contributed by atoms with Crippen molar-refractivity contribution >= 4 is 5.91 Å². The van der Waals surface area contributed by atoms with Gasteiger partial charge in [-0.2, -0.15) is 0 Å². The molecule has 0 aliphatic heterocycles. The van der Waals surface area contributed by atoms with Gasteiger partial charge >= 0.3 is 0 Å². The monoisotopic (exact) mass is 288 g/mol. The average Bonchev–Trinajstić information content (AvgIpc) is 2.54. The van der Waals surface area contributed by atoms with Gasteiger partial charge in [-0.1, -0.05) is 50.5 Å². The summed E-state index contributed by atoms with van der Waals surface area (Å²) in [6.07, 6.45) is 6.97. The molecule has 3 N–H and O–H groups in total. The predicted octanol–water partition coefficient (Wildman–Crippen LogP) is 3.02. The van der Waals surface area contributed by atoms with Gasteiger partial charge in [-0.3, -0.25) is 4.79 Å². The van der Waals surface area contributed by atoms with Gasteiger partial charge in [0.1, 0.15) is 0 Å². The minimum Gasteiger partial charge on any atom is -0.356 e. The van der Waals surface area contributed by atoms with Crippen LogP contribution in [0.15, 0.2) is 24.3 Å². The molecule has 0 aromatic heterocycles. The van der Waals surface area contributed by atoms with E-state index in [4.69, 9.17) is 5.73 Å². The maximum absolute atomic E-state index is 12.0. The van der Waals surface area contributed by atoms with Crippen molar-refractivity contribution in [3.8, 4) is 0 Å². The third kappa shape index (κ3) is 5.16. The van der Waals surface area contributed by atoms with Gasteiger partial charge in [0.2, 0.25) is 5.91 Å². The van der Waals surface area contributed by atoms with Crippen molar-refractivity contribution in [2.24, 2.45) is 17.6 Å². The summed E-state index contributed by atoms with van der Waals surface area (Å²) in [7, 11) is 0. The van der Waals surface area contributed by atoms with Crippen molar-refractivity contribution < 1.29 is 4.79 Å². The van der Waals surface area contributed by atoms with Gasteiger partial charge in [0.15, 0.2) is 0 Å². The first-order valence-electron chi connectivity index (χ1n) is 8.25. The van der Waals surface area contributed by atoms with E-state index in [0.717, 1.165) is 23.6 Å². The van der Waals surface area contributed by atoms with Gasteiger partial charge in [-0.25, -0.2) is 0 Å². The zero-order valence-corrected chi connectivity index (χ0v) is 13.1. The fourth-order valence-corrected chi connectivity index (χ4v) is 3.14. The molecule has 3 heteroatoms. The lowest BCUT2D eigenvalue weighted by Gasteiger charge is -2.27. The van der Waals surface area contributed by atoms with E-state index in [2.05, 4.69) is 12.2 Å². The second-order valence-electron chi connectivity index (χ2n) is 6.30. The lowest BCUT2D eigenvalue weighted by molar-refractivity contribution is -0.120. The van der Waals surface area contributed by atoms with E-state index in [-0.39, 0.29) is 5.91 Å². The molecular weight excluding hydrogens is 260 g/mol. The highest BCUT2D eigenvalue weighted by Crippen LogP contribution is 2.30. The van der Waals surface area contributed by atoms with Gasteiger partial charge in [0.05, 0.1) is 6.42 Å². The summed E-state index contributed by atoms with van der Waals surface area (Å²) >= 11 is 0. The fourth-order valence-electron chi connectivity index (χ4n) is 3.14. The molecule has 1 amide bonds. The number of amides is 1. The summed E-state index contributed by atoms with van der Waals surface area (Å²) in [5, 5.41) is 3.10. The van der Waals surface area contributed by atoms with Crippen LogP contribution in [-0.4, -0.2) is 12.5 Å². The minimum absolute atomic E-state index is 0.133. The number of hydrogen-bond donors (Lipinski definition) is 2. The fraction of sp³-hybridized carbons (Fsp3) is 0.611. The molecule has 0 radical (unpaired) electrons. The molecule has 0 bridgehead atoms. The van der Waals surface area contributed by atoms with Crippen LogP contribution in [0.3, 0.4) is 0 Å². The first-order chi connectivity index (χ1) is 10.2. The molecule has 3 nitrogen and oxygen atoms in total. The molecule has 0 heterocycles. The number of carbonyl (C=O) groups is 1. The molecule has 1 aliphatic rings. The van der Waals surface area contributed by atoms with E-state index >= 15 is 0 Å². The minimum atomic E-state index is 0.133. The Kier molecular flexibility index (Phi) is 6.24. The number of nitrogens with one attached hydrogen (secondary N) is 1. The van der Waals surface area contributed by atoms with E-state index in [1.807, 2.05) is 24.3 Å². The van der Waals surface area contributed by atoms with Gasteiger partial charge in [-0.15, -0.1) is 0 Å². The van der Waals surface area contributed by atoms with Crippen LogP contribution < -0.4 is 11.1 Å². The van der Waals surface area contributed by atoms with Crippen LogP contribution in [0.25, 0.3) is 0 Å². The van der Waals surface area contributed by atoms with Crippen molar-refractivity contribution in [2.45, 2.75) is 52.0 Å². The van der Waals surface area contributed by atoms with E-state index in [9.17, 15) is 4.79 Å². The topological polar surface area (TPSA) is 55.1 Å². The molecule has 0 unspecified atom stereocenters. The molecule has 116 valence electrons. The number of hydrogen-bond acceptors (Lipinski definition) is 2. The summed E-state index contributed by atoms with van der Waals surface area (Å²) in [6, 6.07) is 7.98. The molecule has 1 saturated carbocycles. The lowest BCUT2D eigenvalue weighted by Crippen LogP contribution is -2.32. The van der Waals surface area contributed by atoms with Crippen LogP contribution in [0, 0.1) is 11.8 Å². The highest BCUT2D eigenvalue weighted by atomic mass is 16.1. The first kappa shape index (κ1) is 16.0. The SMILES string of the molecule is CCC1CCC(CNC(=O)Cc2ccc(CN)cc2)CC1. The van der Waals surface area contributed by atoms with Gasteiger partial charge in [0, 0.05) is 13.1 Å². The number of nitrogens with two attached hydrogens (primary N) is 1. The van der Waals surface area contributed by atoms with Crippen molar-refractivity contribution in [3.63, 3.8) is 0 Å². The smallest absolute Gasteiger partial charge is 0.224 e. The summed E-state index contributed by atoms with van der Waals surface area (Å²) in [5.74, 6) is 1.72. The van der Waals surface area contributed by atoms with Crippen LogP contribution >= 0.6 is 0 Å². The molecular formula is C18H28N2O. The Morgan fingerprint density at radius 1 is 1.10 bits per heavy atom. The molecule has 1 aromatic rings. The average molecular weight is 288 g/mol. The molecule has 1 aliphatic carbocycles. The van der Waals surface area contributed by atoms with Crippen molar-refractivity contribution in [1.29, 1.82) is 0 Å². The Balaban J connectivity index is 1.69. The van der Waals surface area contributed by atoms with E-state index in [1.54, 1.807) is 0 Å². The number of rotatable bonds is 6. The summed E-state index contributed by atoms with van der Waals surface area (Å²) in [6.45, 7) is 3.67. The first-order valence-corrected chi connectivity index (χ1v) is 8.25. The molecule has 2 rings (SSSR count). The molecule has 1 fully saturated rings. The molecule has 1 aromatic carbocycles. The molecule has 0 atom stereocenters. The third-order valence-electron chi connectivity index (χ3n) is 4.75. The van der Waals surface area contributed by atoms with Gasteiger partial charge in [-0.05, 0) is 35.8 Å². The zero-order valence-electron chi connectivity index (χ0n) is 13.1. The lowest BCUT2D eigenvalue weighted by atomic mass is 9.81. The summed E-state index contributed by atoms with van der Waals surface area (Å²) in [5.41, 5.74) is 7.73. The van der Waals surface area contributed by atoms with Crippen LogP contribution in [0.5, 0.6) is 0 Å². The second-order valence-corrected chi connectivity index (χ2v) is 6.30. The van der Waals surface area contributed by atoms with Crippen LogP contribution in [0.1, 0.15) is 50.2 Å². The molecule has 0 spiro atoms. The Morgan fingerprint density at radius 3 is 2.24 bits per heavy atom. The second kappa shape index (κ2) is 8.18. The van der Waals surface area contributed by atoms with Crippen LogP contribution in [-0.2, 0) is 17.8 Å². The van der Waals surface area contributed by atoms with E-state index in [0.29, 0.717) is 18.9 Å². The highest BCUT2D eigenvalue weighted by molar-refractivity contribution is 5.78.